The van der Waals surface area contributed by atoms with Gasteiger partial charge in [-0.3, -0.25) is 0 Å². The van der Waals surface area contributed by atoms with E-state index in [2.05, 4.69) is 0 Å². The molecule has 0 aromatic heterocycles. The van der Waals surface area contributed by atoms with Crippen molar-refractivity contribution in [2.24, 2.45) is 0 Å². The van der Waals surface area contributed by atoms with Crippen LogP contribution in [0.4, 0.5) is 0 Å². The predicted molar refractivity (Wildman–Crippen MR) is 102 cm³/mol. The molecule has 1 aromatic carbocycles. The van der Waals surface area contributed by atoms with Crippen LogP contribution >= 0.6 is 0 Å². The fourth-order valence-corrected chi connectivity index (χ4v) is 6.53. The topological polar surface area (TPSA) is 84.0 Å². The second-order valence-electron chi connectivity index (χ2n) is 7.15. The quantitative estimate of drug-likeness (QED) is 0.686. The molecular formula is C18H28N2O5S2. The van der Waals surface area contributed by atoms with E-state index in [1.165, 1.54) is 32.9 Å². The van der Waals surface area contributed by atoms with Crippen LogP contribution in [0.25, 0.3) is 0 Å². The Bertz CT molecular complexity index is 823. The minimum atomic E-state index is -3.64. The minimum Gasteiger partial charge on any atom is -0.379 e. The molecule has 0 amide bonds. The molecule has 0 atom stereocenters. The number of rotatable bonds is 5. The Labute approximate surface area is 162 Å². The molecule has 0 radical (unpaired) electrons. The zero-order chi connectivity index (χ0) is 19.5. The van der Waals surface area contributed by atoms with Crippen LogP contribution in [0.1, 0.15) is 38.5 Å². The van der Waals surface area contributed by atoms with Gasteiger partial charge in [0.25, 0.3) is 0 Å². The van der Waals surface area contributed by atoms with Gasteiger partial charge in [0, 0.05) is 26.2 Å². The molecule has 27 heavy (non-hydrogen) atoms. The van der Waals surface area contributed by atoms with Crippen molar-refractivity contribution >= 4 is 20.0 Å². The van der Waals surface area contributed by atoms with Crippen LogP contribution in [-0.4, -0.2) is 64.8 Å². The molecule has 9 heteroatoms. The zero-order valence-electron chi connectivity index (χ0n) is 15.7. The maximum atomic E-state index is 13.0. The highest BCUT2D eigenvalue weighted by Crippen LogP contribution is 2.27. The molecule has 0 spiro atoms. The first-order chi connectivity index (χ1) is 12.8. The zero-order valence-corrected chi connectivity index (χ0v) is 17.3. The molecule has 2 fully saturated rings. The highest BCUT2D eigenvalue weighted by Gasteiger charge is 2.30. The summed E-state index contributed by atoms with van der Waals surface area (Å²) in [5.41, 5.74) is 0. The Hall–Kier alpha value is -1.00. The Morgan fingerprint density at radius 3 is 1.96 bits per heavy atom. The standard InChI is InChI=1S/C18H28N2O5S2/c1-19(16-6-4-2-3-5-7-16)26(21,22)17-8-10-18(11-9-17)27(23,24)20-12-14-25-15-13-20/h8-11,16H,2-7,12-15H2,1H3. The Kier molecular flexibility index (Phi) is 6.58. The number of hydrogen-bond donors (Lipinski definition) is 0. The van der Waals surface area contributed by atoms with E-state index in [-0.39, 0.29) is 15.8 Å². The van der Waals surface area contributed by atoms with Gasteiger partial charge >= 0.3 is 0 Å². The molecule has 0 N–H and O–H groups in total. The van der Waals surface area contributed by atoms with Crippen molar-refractivity contribution in [3.8, 4) is 0 Å². The summed E-state index contributed by atoms with van der Waals surface area (Å²) in [6.45, 7) is 1.37. The smallest absolute Gasteiger partial charge is 0.243 e. The molecule has 1 saturated carbocycles. The summed E-state index contributed by atoms with van der Waals surface area (Å²) < 4.78 is 59.3. The second kappa shape index (κ2) is 8.57. The van der Waals surface area contributed by atoms with Gasteiger partial charge in [-0.25, -0.2) is 16.8 Å². The molecule has 3 rings (SSSR count). The van der Waals surface area contributed by atoms with Crippen molar-refractivity contribution in [3.63, 3.8) is 0 Å². The lowest BCUT2D eigenvalue weighted by molar-refractivity contribution is 0.0730. The lowest BCUT2D eigenvalue weighted by Gasteiger charge is -2.27. The summed E-state index contributed by atoms with van der Waals surface area (Å²) in [4.78, 5) is 0.246. The third kappa shape index (κ3) is 4.54. The van der Waals surface area contributed by atoms with Crippen molar-refractivity contribution in [1.29, 1.82) is 0 Å². The molecule has 0 unspecified atom stereocenters. The van der Waals surface area contributed by atoms with Crippen molar-refractivity contribution in [1.82, 2.24) is 8.61 Å². The lowest BCUT2D eigenvalue weighted by Crippen LogP contribution is -2.40. The summed E-state index contributed by atoms with van der Waals surface area (Å²) >= 11 is 0. The van der Waals surface area contributed by atoms with Gasteiger partial charge in [-0.05, 0) is 37.1 Å². The molecular weight excluding hydrogens is 388 g/mol. The van der Waals surface area contributed by atoms with Crippen LogP contribution in [-0.2, 0) is 24.8 Å². The monoisotopic (exact) mass is 416 g/mol. The summed E-state index contributed by atoms with van der Waals surface area (Å²) in [6, 6.07) is 5.58. The van der Waals surface area contributed by atoms with Crippen molar-refractivity contribution in [2.75, 3.05) is 33.4 Å². The van der Waals surface area contributed by atoms with Crippen LogP contribution in [0.15, 0.2) is 34.1 Å². The summed E-state index contributed by atoms with van der Waals surface area (Å²) in [5.74, 6) is 0. The van der Waals surface area contributed by atoms with E-state index in [1.807, 2.05) is 0 Å². The minimum absolute atomic E-state index is 0.00857. The number of ether oxygens (including phenoxy) is 1. The van der Waals surface area contributed by atoms with Crippen molar-refractivity contribution in [2.45, 2.75) is 54.4 Å². The van der Waals surface area contributed by atoms with E-state index in [4.69, 9.17) is 4.74 Å². The van der Waals surface area contributed by atoms with Gasteiger partial charge in [0.1, 0.15) is 0 Å². The second-order valence-corrected chi connectivity index (χ2v) is 11.1. The van der Waals surface area contributed by atoms with Gasteiger partial charge < -0.3 is 4.74 Å². The van der Waals surface area contributed by atoms with Crippen LogP contribution < -0.4 is 0 Å². The van der Waals surface area contributed by atoms with E-state index in [1.54, 1.807) is 7.05 Å². The maximum absolute atomic E-state index is 13.0. The average molecular weight is 417 g/mol. The first kappa shape index (κ1) is 20.7. The molecule has 1 aliphatic heterocycles. The summed E-state index contributed by atoms with van der Waals surface area (Å²) in [7, 11) is -5.63. The van der Waals surface area contributed by atoms with Gasteiger partial charge in [-0.2, -0.15) is 8.61 Å². The predicted octanol–water partition coefficient (Wildman–Crippen LogP) is 2.05. The van der Waals surface area contributed by atoms with Crippen molar-refractivity contribution < 1.29 is 21.6 Å². The Morgan fingerprint density at radius 1 is 0.889 bits per heavy atom. The summed E-state index contributed by atoms with van der Waals surface area (Å²) in [5, 5.41) is 0. The third-order valence-corrected chi connectivity index (χ3v) is 9.28. The number of sulfonamides is 2. The summed E-state index contributed by atoms with van der Waals surface area (Å²) in [6.07, 6.45) is 6.14. The van der Waals surface area contributed by atoms with E-state index in [0.29, 0.717) is 26.3 Å². The van der Waals surface area contributed by atoms with Gasteiger partial charge in [-0.15, -0.1) is 0 Å². The molecule has 7 nitrogen and oxygen atoms in total. The average Bonchev–Trinajstić information content (AvgIpc) is 2.97. The normalized spacial score (nSPS) is 21.3. The van der Waals surface area contributed by atoms with E-state index < -0.39 is 20.0 Å². The van der Waals surface area contributed by atoms with Gasteiger partial charge in [0.05, 0.1) is 23.0 Å². The Morgan fingerprint density at radius 2 is 1.41 bits per heavy atom. The van der Waals surface area contributed by atoms with Crippen LogP contribution in [0.5, 0.6) is 0 Å². The highest BCUT2D eigenvalue weighted by molar-refractivity contribution is 7.89. The number of hydrogen-bond acceptors (Lipinski definition) is 5. The molecule has 1 aliphatic carbocycles. The molecule has 1 aromatic rings. The SMILES string of the molecule is CN(C1CCCCCC1)S(=O)(=O)c1ccc(S(=O)(=O)N2CCOCC2)cc1. The van der Waals surface area contributed by atoms with Gasteiger partial charge in [0.15, 0.2) is 0 Å². The maximum Gasteiger partial charge on any atom is 0.243 e. The first-order valence-electron chi connectivity index (χ1n) is 9.49. The fourth-order valence-electron chi connectivity index (χ4n) is 3.70. The molecule has 0 bridgehead atoms. The third-order valence-electron chi connectivity index (χ3n) is 5.45. The largest absolute Gasteiger partial charge is 0.379 e. The lowest BCUT2D eigenvalue weighted by atomic mass is 10.1. The number of benzene rings is 1. The molecule has 2 aliphatic rings. The Balaban J connectivity index is 1.79. The number of morpholine rings is 1. The molecule has 152 valence electrons. The van der Waals surface area contributed by atoms with E-state index in [9.17, 15) is 16.8 Å². The van der Waals surface area contributed by atoms with Gasteiger partial charge in [-0.1, -0.05) is 25.7 Å². The molecule has 1 saturated heterocycles. The highest BCUT2D eigenvalue weighted by atomic mass is 32.2. The van der Waals surface area contributed by atoms with E-state index in [0.717, 1.165) is 38.5 Å². The number of nitrogens with zero attached hydrogens (tertiary/aromatic N) is 2. The fraction of sp³-hybridized carbons (Fsp3) is 0.667. The van der Waals surface area contributed by atoms with Crippen LogP contribution in [0.2, 0.25) is 0 Å². The van der Waals surface area contributed by atoms with Crippen LogP contribution in [0, 0.1) is 0 Å². The van der Waals surface area contributed by atoms with Crippen molar-refractivity contribution in [3.05, 3.63) is 24.3 Å². The van der Waals surface area contributed by atoms with Gasteiger partial charge in [0.2, 0.25) is 20.0 Å². The van der Waals surface area contributed by atoms with E-state index >= 15 is 0 Å². The molecule has 1 heterocycles. The first-order valence-corrected chi connectivity index (χ1v) is 12.4. The van der Waals surface area contributed by atoms with Crippen LogP contribution in [0.3, 0.4) is 0 Å².